The Kier molecular flexibility index (Phi) is 2.73. The molecular weight excluding hydrogens is 154 g/mol. The van der Waals surface area contributed by atoms with Crippen LogP contribution in [0, 0.1) is 0 Å². The topological polar surface area (TPSA) is 37.3 Å². The molecule has 70 valence electrons. The van der Waals surface area contributed by atoms with Crippen LogP contribution in [-0.2, 0) is 4.79 Å². The molecule has 3 nitrogen and oxygen atoms in total. The zero-order valence-electron chi connectivity index (χ0n) is 7.92. The minimum Gasteiger partial charge on any atom is -0.481 e. The summed E-state index contributed by atoms with van der Waals surface area (Å²) in [6.07, 6.45) is 3.60. The van der Waals surface area contributed by atoms with Gasteiger partial charge in [-0.05, 0) is 0 Å². The van der Waals surface area contributed by atoms with Gasteiger partial charge < -0.3 is 9.59 Å². The number of carboxylic acids is 1. The van der Waals surface area contributed by atoms with Crippen LogP contribution < -0.4 is 0 Å². The maximum atomic E-state index is 10.4. The quantitative estimate of drug-likeness (QED) is 0.647. The van der Waals surface area contributed by atoms with Gasteiger partial charge in [0.15, 0.2) is 0 Å². The van der Waals surface area contributed by atoms with E-state index in [0.29, 0.717) is 12.5 Å². The predicted octanol–water partition coefficient (Wildman–Crippen LogP) is 1.09. The Bertz CT molecular complexity index is 177. The summed E-state index contributed by atoms with van der Waals surface area (Å²) >= 11 is 0. The van der Waals surface area contributed by atoms with E-state index in [9.17, 15) is 4.79 Å². The molecule has 1 unspecified atom stereocenters. The molecule has 1 atom stereocenters. The van der Waals surface area contributed by atoms with Gasteiger partial charge in [0.2, 0.25) is 0 Å². The standard InChI is InChI=1S/C9H17NO2/c1-10(2)7-3-4-8(10)5-6-9(11)12/h8H,3-7H2,1-2H3/p+1. The summed E-state index contributed by atoms with van der Waals surface area (Å²) in [5, 5.41) is 8.54. The Labute approximate surface area is 73.6 Å². The van der Waals surface area contributed by atoms with Crippen LogP contribution in [0.5, 0.6) is 0 Å². The van der Waals surface area contributed by atoms with Crippen LogP contribution in [-0.4, -0.2) is 42.2 Å². The van der Waals surface area contributed by atoms with Crippen LogP contribution in [0.2, 0.25) is 0 Å². The molecule has 0 aromatic heterocycles. The number of rotatable bonds is 3. The lowest BCUT2D eigenvalue weighted by atomic mass is 10.1. The van der Waals surface area contributed by atoms with Crippen LogP contribution in [0.1, 0.15) is 25.7 Å². The van der Waals surface area contributed by atoms with E-state index in [1.165, 1.54) is 19.4 Å². The van der Waals surface area contributed by atoms with Crippen LogP contribution in [0.4, 0.5) is 0 Å². The molecule has 1 aliphatic heterocycles. The fourth-order valence-electron chi connectivity index (χ4n) is 2.05. The molecule has 0 spiro atoms. The molecule has 1 saturated heterocycles. The fourth-order valence-corrected chi connectivity index (χ4v) is 2.05. The number of carbonyl (C=O) groups is 1. The third-order valence-electron chi connectivity index (χ3n) is 2.95. The van der Waals surface area contributed by atoms with Crippen molar-refractivity contribution in [3.05, 3.63) is 0 Å². The monoisotopic (exact) mass is 172 g/mol. The summed E-state index contributed by atoms with van der Waals surface area (Å²) in [6, 6.07) is 0.570. The zero-order valence-corrected chi connectivity index (χ0v) is 7.92. The highest BCUT2D eigenvalue weighted by Gasteiger charge is 2.33. The van der Waals surface area contributed by atoms with Crippen molar-refractivity contribution in [1.82, 2.24) is 0 Å². The molecule has 1 aliphatic rings. The second-order valence-corrected chi connectivity index (χ2v) is 4.23. The van der Waals surface area contributed by atoms with E-state index in [1.54, 1.807) is 0 Å². The van der Waals surface area contributed by atoms with Crippen LogP contribution in [0.15, 0.2) is 0 Å². The Hall–Kier alpha value is -0.570. The van der Waals surface area contributed by atoms with Gasteiger partial charge >= 0.3 is 5.97 Å². The summed E-state index contributed by atoms with van der Waals surface area (Å²) < 4.78 is 1.01. The molecule has 3 heteroatoms. The van der Waals surface area contributed by atoms with Crippen molar-refractivity contribution in [2.45, 2.75) is 31.7 Å². The number of hydrogen-bond donors (Lipinski definition) is 1. The number of hydrogen-bond acceptors (Lipinski definition) is 1. The Morgan fingerprint density at radius 3 is 2.67 bits per heavy atom. The number of likely N-dealkylation sites (tertiary alicyclic amines) is 1. The highest BCUT2D eigenvalue weighted by Crippen LogP contribution is 2.25. The van der Waals surface area contributed by atoms with Gasteiger partial charge in [0.1, 0.15) is 0 Å². The first-order chi connectivity index (χ1) is 5.52. The lowest BCUT2D eigenvalue weighted by Gasteiger charge is -2.31. The van der Waals surface area contributed by atoms with E-state index >= 15 is 0 Å². The number of nitrogens with zero attached hydrogens (tertiary/aromatic N) is 1. The second kappa shape index (κ2) is 3.44. The summed E-state index contributed by atoms with van der Waals surface area (Å²) in [4.78, 5) is 10.4. The molecule has 1 rings (SSSR count). The lowest BCUT2D eigenvalue weighted by Crippen LogP contribution is -2.43. The van der Waals surface area contributed by atoms with E-state index in [4.69, 9.17) is 5.11 Å². The van der Waals surface area contributed by atoms with Gasteiger partial charge in [-0.3, -0.25) is 4.79 Å². The number of carboxylic acid groups (broad SMARTS) is 1. The van der Waals surface area contributed by atoms with Gasteiger partial charge in [-0.25, -0.2) is 0 Å². The predicted molar refractivity (Wildman–Crippen MR) is 46.9 cm³/mol. The first-order valence-electron chi connectivity index (χ1n) is 4.57. The molecule has 0 saturated carbocycles. The number of quaternary nitrogens is 1. The average molecular weight is 172 g/mol. The third-order valence-corrected chi connectivity index (χ3v) is 2.95. The van der Waals surface area contributed by atoms with Gasteiger partial charge in [0.25, 0.3) is 0 Å². The maximum absolute atomic E-state index is 10.4. The molecule has 12 heavy (non-hydrogen) atoms. The highest BCUT2D eigenvalue weighted by molar-refractivity contribution is 5.66. The smallest absolute Gasteiger partial charge is 0.303 e. The molecule has 1 heterocycles. The van der Waals surface area contributed by atoms with Gasteiger partial charge in [-0.1, -0.05) is 0 Å². The van der Waals surface area contributed by atoms with Crippen molar-refractivity contribution in [3.63, 3.8) is 0 Å². The van der Waals surface area contributed by atoms with Gasteiger partial charge in [-0.15, -0.1) is 0 Å². The molecule has 0 amide bonds. The Balaban J connectivity index is 2.36. The molecule has 1 fully saturated rings. The van der Waals surface area contributed by atoms with Crippen LogP contribution in [0.25, 0.3) is 0 Å². The SMILES string of the molecule is C[N+]1(C)CCCC1CCC(=O)O. The minimum atomic E-state index is -0.665. The van der Waals surface area contributed by atoms with E-state index < -0.39 is 5.97 Å². The van der Waals surface area contributed by atoms with Gasteiger partial charge in [0.05, 0.1) is 33.1 Å². The number of aliphatic carboxylic acids is 1. The van der Waals surface area contributed by atoms with E-state index in [-0.39, 0.29) is 0 Å². The average Bonchev–Trinajstić information content (AvgIpc) is 2.25. The second-order valence-electron chi connectivity index (χ2n) is 4.23. The first-order valence-corrected chi connectivity index (χ1v) is 4.57. The van der Waals surface area contributed by atoms with Crippen molar-refractivity contribution in [2.75, 3.05) is 20.6 Å². The third kappa shape index (κ3) is 2.21. The maximum Gasteiger partial charge on any atom is 0.303 e. The van der Waals surface area contributed by atoms with Crippen LogP contribution in [0.3, 0.4) is 0 Å². The molecule has 0 aliphatic carbocycles. The van der Waals surface area contributed by atoms with Gasteiger partial charge in [0, 0.05) is 19.3 Å². The Morgan fingerprint density at radius 1 is 1.58 bits per heavy atom. The fraction of sp³-hybridized carbons (Fsp3) is 0.889. The molecular formula is C9H18NO2+. The molecule has 0 aromatic carbocycles. The molecule has 0 aromatic rings. The zero-order chi connectivity index (χ0) is 9.19. The summed E-state index contributed by atoms with van der Waals surface area (Å²) in [7, 11) is 4.39. The summed E-state index contributed by atoms with van der Waals surface area (Å²) in [5.41, 5.74) is 0. The molecule has 0 bridgehead atoms. The van der Waals surface area contributed by atoms with E-state index in [1.807, 2.05) is 0 Å². The van der Waals surface area contributed by atoms with Crippen molar-refractivity contribution in [1.29, 1.82) is 0 Å². The minimum absolute atomic E-state index is 0.326. The summed E-state index contributed by atoms with van der Waals surface area (Å²) in [5.74, 6) is -0.665. The van der Waals surface area contributed by atoms with Crippen molar-refractivity contribution in [2.24, 2.45) is 0 Å². The highest BCUT2D eigenvalue weighted by atomic mass is 16.4. The lowest BCUT2D eigenvalue weighted by molar-refractivity contribution is -0.902. The van der Waals surface area contributed by atoms with E-state index in [2.05, 4.69) is 14.1 Å². The van der Waals surface area contributed by atoms with E-state index in [0.717, 1.165) is 10.9 Å². The Morgan fingerprint density at radius 2 is 2.25 bits per heavy atom. The van der Waals surface area contributed by atoms with Crippen molar-refractivity contribution >= 4 is 5.97 Å². The van der Waals surface area contributed by atoms with Crippen molar-refractivity contribution < 1.29 is 14.4 Å². The van der Waals surface area contributed by atoms with Crippen molar-refractivity contribution in [3.8, 4) is 0 Å². The summed E-state index contributed by atoms with van der Waals surface area (Å²) in [6.45, 7) is 1.20. The largest absolute Gasteiger partial charge is 0.481 e. The molecule has 0 radical (unpaired) electrons. The first kappa shape index (κ1) is 9.52. The van der Waals surface area contributed by atoms with Gasteiger partial charge in [-0.2, -0.15) is 0 Å². The molecule has 1 N–H and O–H groups in total. The normalized spacial score (nSPS) is 27.3. The van der Waals surface area contributed by atoms with Crippen LogP contribution >= 0.6 is 0 Å².